The van der Waals surface area contributed by atoms with Crippen molar-refractivity contribution in [2.75, 3.05) is 13.1 Å². The molecule has 1 amide bonds. The molecule has 1 N–H and O–H groups in total. The molecular formula is C14H21ClN2O. The van der Waals surface area contributed by atoms with E-state index in [9.17, 15) is 4.79 Å². The lowest BCUT2D eigenvalue weighted by molar-refractivity contribution is -0.132. The van der Waals surface area contributed by atoms with E-state index in [0.29, 0.717) is 6.54 Å². The van der Waals surface area contributed by atoms with Gasteiger partial charge in [-0.2, -0.15) is 0 Å². The quantitative estimate of drug-likeness (QED) is 0.860. The Morgan fingerprint density at radius 1 is 1.33 bits per heavy atom. The van der Waals surface area contributed by atoms with Crippen LogP contribution in [0.1, 0.15) is 26.3 Å². The first-order valence-corrected chi connectivity index (χ1v) is 6.73. The topological polar surface area (TPSA) is 32.3 Å². The Hall–Kier alpha value is -1.06. The number of carbonyl (C=O) groups excluding carboxylic acids is 1. The first-order valence-electron chi connectivity index (χ1n) is 6.35. The average Bonchev–Trinajstić information content (AvgIpc) is 2.38. The molecule has 0 aliphatic carbocycles. The van der Waals surface area contributed by atoms with Gasteiger partial charge in [0.15, 0.2) is 0 Å². The van der Waals surface area contributed by atoms with Gasteiger partial charge in [0.25, 0.3) is 0 Å². The van der Waals surface area contributed by atoms with Gasteiger partial charge in [0.05, 0.1) is 6.04 Å². The van der Waals surface area contributed by atoms with Crippen LogP contribution < -0.4 is 5.32 Å². The fourth-order valence-electron chi connectivity index (χ4n) is 1.80. The Labute approximate surface area is 114 Å². The minimum Gasteiger partial charge on any atom is -0.342 e. The standard InChI is InChI=1S/C14H21ClN2O/c1-4-17(5-2)14(18)11(3)16-10-12-8-6-7-9-13(12)15/h6-9,11,16H,4-5,10H2,1-3H3. The maximum absolute atomic E-state index is 12.0. The van der Waals surface area contributed by atoms with E-state index in [0.717, 1.165) is 23.7 Å². The van der Waals surface area contributed by atoms with Gasteiger partial charge >= 0.3 is 0 Å². The minimum absolute atomic E-state index is 0.132. The van der Waals surface area contributed by atoms with Crippen molar-refractivity contribution in [1.29, 1.82) is 0 Å². The lowest BCUT2D eigenvalue weighted by atomic mass is 10.2. The Morgan fingerprint density at radius 3 is 2.50 bits per heavy atom. The molecular weight excluding hydrogens is 248 g/mol. The highest BCUT2D eigenvalue weighted by molar-refractivity contribution is 6.31. The molecule has 0 radical (unpaired) electrons. The number of likely N-dealkylation sites (N-methyl/N-ethyl adjacent to an activating group) is 1. The third-order valence-corrected chi connectivity index (χ3v) is 3.37. The molecule has 100 valence electrons. The lowest BCUT2D eigenvalue weighted by Gasteiger charge is -2.23. The van der Waals surface area contributed by atoms with E-state index >= 15 is 0 Å². The summed E-state index contributed by atoms with van der Waals surface area (Å²) in [4.78, 5) is 13.9. The van der Waals surface area contributed by atoms with Crippen LogP contribution in [0.3, 0.4) is 0 Å². The van der Waals surface area contributed by atoms with Crippen LogP contribution in [0, 0.1) is 0 Å². The fourth-order valence-corrected chi connectivity index (χ4v) is 2.00. The smallest absolute Gasteiger partial charge is 0.239 e. The van der Waals surface area contributed by atoms with Crippen molar-refractivity contribution < 1.29 is 4.79 Å². The van der Waals surface area contributed by atoms with Gasteiger partial charge in [-0.3, -0.25) is 4.79 Å². The summed E-state index contributed by atoms with van der Waals surface area (Å²) in [6, 6.07) is 7.47. The van der Waals surface area contributed by atoms with Crippen molar-refractivity contribution in [2.24, 2.45) is 0 Å². The molecule has 0 aromatic heterocycles. The molecule has 4 heteroatoms. The van der Waals surface area contributed by atoms with Crippen molar-refractivity contribution in [1.82, 2.24) is 10.2 Å². The molecule has 0 saturated carbocycles. The van der Waals surface area contributed by atoms with Gasteiger partial charge in [-0.25, -0.2) is 0 Å². The average molecular weight is 269 g/mol. The minimum atomic E-state index is -0.193. The van der Waals surface area contributed by atoms with Crippen LogP contribution >= 0.6 is 11.6 Å². The van der Waals surface area contributed by atoms with E-state index in [-0.39, 0.29) is 11.9 Å². The molecule has 3 nitrogen and oxygen atoms in total. The molecule has 0 spiro atoms. The molecule has 1 atom stereocenters. The molecule has 0 saturated heterocycles. The monoisotopic (exact) mass is 268 g/mol. The van der Waals surface area contributed by atoms with E-state index < -0.39 is 0 Å². The summed E-state index contributed by atoms with van der Waals surface area (Å²) in [5.41, 5.74) is 1.01. The van der Waals surface area contributed by atoms with E-state index in [4.69, 9.17) is 11.6 Å². The van der Waals surface area contributed by atoms with E-state index in [2.05, 4.69) is 5.32 Å². The number of hydrogen-bond donors (Lipinski definition) is 1. The second-order valence-corrected chi connectivity index (χ2v) is 4.61. The first kappa shape index (κ1) is 15.0. The zero-order valence-corrected chi connectivity index (χ0v) is 12.0. The predicted octanol–water partition coefficient (Wildman–Crippen LogP) is 2.69. The second-order valence-electron chi connectivity index (χ2n) is 4.20. The number of carbonyl (C=O) groups is 1. The van der Waals surface area contributed by atoms with Gasteiger partial charge in [-0.15, -0.1) is 0 Å². The van der Waals surface area contributed by atoms with E-state index in [1.54, 1.807) is 0 Å². The number of hydrogen-bond acceptors (Lipinski definition) is 2. The highest BCUT2D eigenvalue weighted by Crippen LogP contribution is 2.14. The highest BCUT2D eigenvalue weighted by atomic mass is 35.5. The zero-order chi connectivity index (χ0) is 13.5. The van der Waals surface area contributed by atoms with E-state index in [1.165, 1.54) is 0 Å². The summed E-state index contributed by atoms with van der Waals surface area (Å²) >= 11 is 6.07. The van der Waals surface area contributed by atoms with Gasteiger partial charge in [-0.1, -0.05) is 29.8 Å². The molecule has 0 heterocycles. The Balaban J connectivity index is 2.53. The summed E-state index contributed by atoms with van der Waals surface area (Å²) in [7, 11) is 0. The van der Waals surface area contributed by atoms with Gasteiger partial charge in [0.1, 0.15) is 0 Å². The number of nitrogens with zero attached hydrogens (tertiary/aromatic N) is 1. The summed E-state index contributed by atoms with van der Waals surface area (Å²) in [6.07, 6.45) is 0. The number of halogens is 1. The molecule has 0 fully saturated rings. The van der Waals surface area contributed by atoms with E-state index in [1.807, 2.05) is 49.9 Å². The zero-order valence-electron chi connectivity index (χ0n) is 11.2. The summed E-state index contributed by atoms with van der Waals surface area (Å²) < 4.78 is 0. The number of nitrogens with one attached hydrogen (secondary N) is 1. The van der Waals surface area contributed by atoms with Gasteiger partial charge < -0.3 is 10.2 Å². The normalized spacial score (nSPS) is 12.2. The second kappa shape index (κ2) is 7.39. The summed E-state index contributed by atoms with van der Waals surface area (Å²) in [6.45, 7) is 7.95. The number of benzene rings is 1. The number of amides is 1. The number of rotatable bonds is 6. The maximum atomic E-state index is 12.0. The molecule has 1 rings (SSSR count). The van der Waals surface area contributed by atoms with Crippen LogP contribution in [0.4, 0.5) is 0 Å². The van der Waals surface area contributed by atoms with Crippen molar-refractivity contribution in [2.45, 2.75) is 33.4 Å². The SMILES string of the molecule is CCN(CC)C(=O)C(C)NCc1ccccc1Cl. The van der Waals surface area contributed by atoms with Crippen LogP contribution in [0.15, 0.2) is 24.3 Å². The summed E-state index contributed by atoms with van der Waals surface area (Å²) in [5.74, 6) is 0.132. The van der Waals surface area contributed by atoms with Crippen LogP contribution in [0.25, 0.3) is 0 Å². The summed E-state index contributed by atoms with van der Waals surface area (Å²) in [5, 5.41) is 3.94. The van der Waals surface area contributed by atoms with Crippen molar-refractivity contribution in [3.63, 3.8) is 0 Å². The van der Waals surface area contributed by atoms with Crippen LogP contribution in [-0.4, -0.2) is 29.9 Å². The highest BCUT2D eigenvalue weighted by Gasteiger charge is 2.17. The molecule has 0 aliphatic heterocycles. The molecule has 1 aromatic rings. The van der Waals surface area contributed by atoms with Crippen LogP contribution in [-0.2, 0) is 11.3 Å². The van der Waals surface area contributed by atoms with Crippen LogP contribution in [0.2, 0.25) is 5.02 Å². The fraction of sp³-hybridized carbons (Fsp3) is 0.500. The van der Waals surface area contributed by atoms with Crippen molar-refractivity contribution in [3.8, 4) is 0 Å². The van der Waals surface area contributed by atoms with Crippen LogP contribution in [0.5, 0.6) is 0 Å². The molecule has 1 aromatic carbocycles. The third kappa shape index (κ3) is 4.00. The molecule has 0 bridgehead atoms. The largest absolute Gasteiger partial charge is 0.342 e. The van der Waals surface area contributed by atoms with Crippen molar-refractivity contribution >= 4 is 17.5 Å². The Morgan fingerprint density at radius 2 is 1.94 bits per heavy atom. The van der Waals surface area contributed by atoms with Crippen molar-refractivity contribution in [3.05, 3.63) is 34.9 Å². The molecule has 1 unspecified atom stereocenters. The molecule has 0 aliphatic rings. The Kier molecular flexibility index (Phi) is 6.16. The first-order chi connectivity index (χ1) is 8.60. The lowest BCUT2D eigenvalue weighted by Crippen LogP contribution is -2.44. The molecule has 18 heavy (non-hydrogen) atoms. The predicted molar refractivity (Wildman–Crippen MR) is 75.7 cm³/mol. The maximum Gasteiger partial charge on any atom is 0.239 e. The van der Waals surface area contributed by atoms with Gasteiger partial charge in [0, 0.05) is 24.7 Å². The Bertz CT molecular complexity index is 391. The van der Waals surface area contributed by atoms with Gasteiger partial charge in [0.2, 0.25) is 5.91 Å². The third-order valence-electron chi connectivity index (χ3n) is 3.00. The van der Waals surface area contributed by atoms with Gasteiger partial charge in [-0.05, 0) is 32.4 Å².